The van der Waals surface area contributed by atoms with E-state index < -0.39 is 11.7 Å². The van der Waals surface area contributed by atoms with E-state index in [9.17, 15) is 14.4 Å². The van der Waals surface area contributed by atoms with Crippen LogP contribution in [0.15, 0.2) is 77.3 Å². The predicted octanol–water partition coefficient (Wildman–Crippen LogP) is 5.98. The molecule has 3 N–H and O–H groups in total. The second-order valence-electron chi connectivity index (χ2n) is 8.54. The lowest BCUT2D eigenvalue weighted by Gasteiger charge is -2.19. The van der Waals surface area contributed by atoms with Crippen molar-refractivity contribution in [3.05, 3.63) is 94.0 Å². The maximum Gasteiger partial charge on any atom is 0.407 e. The SMILES string of the molecule is CC(C)(C)OC(=O)NCc1ccc(NC(=O)c2ccc(C(=O)Nc3ccc(Br)cc3)cc2)cc1. The highest BCUT2D eigenvalue weighted by Gasteiger charge is 2.15. The third-order valence-corrected chi connectivity index (χ3v) is 5.09. The van der Waals surface area contributed by atoms with Crippen molar-refractivity contribution in [2.45, 2.75) is 32.9 Å². The van der Waals surface area contributed by atoms with Crippen molar-refractivity contribution in [3.8, 4) is 0 Å². The number of hydrogen-bond acceptors (Lipinski definition) is 4. The van der Waals surface area contributed by atoms with E-state index in [-0.39, 0.29) is 11.8 Å². The monoisotopic (exact) mass is 523 g/mol. The van der Waals surface area contributed by atoms with Crippen molar-refractivity contribution in [2.75, 3.05) is 10.6 Å². The second kappa shape index (κ2) is 11.0. The lowest BCUT2D eigenvalue weighted by Crippen LogP contribution is -2.32. The highest BCUT2D eigenvalue weighted by molar-refractivity contribution is 9.10. The number of benzene rings is 3. The number of nitrogens with one attached hydrogen (secondary N) is 3. The lowest BCUT2D eigenvalue weighted by atomic mass is 10.1. The summed E-state index contributed by atoms with van der Waals surface area (Å²) in [6.07, 6.45) is -0.487. The Morgan fingerprint density at radius 1 is 0.735 bits per heavy atom. The van der Waals surface area contributed by atoms with E-state index in [1.165, 1.54) is 0 Å². The first-order valence-corrected chi connectivity index (χ1v) is 11.4. The molecule has 0 heterocycles. The van der Waals surface area contributed by atoms with Crippen LogP contribution in [0.25, 0.3) is 0 Å². The number of rotatable bonds is 6. The molecule has 3 rings (SSSR count). The maximum absolute atomic E-state index is 12.6. The van der Waals surface area contributed by atoms with Crippen LogP contribution in [0.5, 0.6) is 0 Å². The Bertz CT molecular complexity index is 1150. The van der Waals surface area contributed by atoms with Crippen LogP contribution >= 0.6 is 15.9 Å². The zero-order chi connectivity index (χ0) is 24.7. The summed E-state index contributed by atoms with van der Waals surface area (Å²) in [5.74, 6) is -0.552. The number of hydrogen-bond donors (Lipinski definition) is 3. The fourth-order valence-electron chi connectivity index (χ4n) is 2.91. The molecule has 3 aromatic rings. The molecule has 0 aliphatic heterocycles. The Morgan fingerprint density at radius 2 is 1.18 bits per heavy atom. The minimum atomic E-state index is -0.556. The summed E-state index contributed by atoms with van der Waals surface area (Å²) >= 11 is 3.36. The van der Waals surface area contributed by atoms with Gasteiger partial charge in [-0.2, -0.15) is 0 Å². The minimum absolute atomic E-state index is 0.259. The third-order valence-electron chi connectivity index (χ3n) is 4.56. The molecule has 0 bridgehead atoms. The summed E-state index contributed by atoms with van der Waals surface area (Å²) in [6, 6.07) is 20.8. The molecule has 0 saturated heterocycles. The van der Waals surface area contributed by atoms with Gasteiger partial charge in [0, 0.05) is 33.5 Å². The maximum atomic E-state index is 12.6. The molecule has 0 saturated carbocycles. The smallest absolute Gasteiger partial charge is 0.407 e. The highest BCUT2D eigenvalue weighted by atomic mass is 79.9. The molecule has 34 heavy (non-hydrogen) atoms. The van der Waals surface area contributed by atoms with Crippen molar-refractivity contribution >= 4 is 45.2 Å². The number of alkyl carbamates (subject to hydrolysis) is 1. The molecule has 0 unspecified atom stereocenters. The van der Waals surface area contributed by atoms with Crippen LogP contribution in [0, 0.1) is 0 Å². The molecular formula is C26H26BrN3O4. The van der Waals surface area contributed by atoms with Crippen LogP contribution in [0.2, 0.25) is 0 Å². The Kier molecular flexibility index (Phi) is 8.07. The Hall–Kier alpha value is -3.65. The largest absolute Gasteiger partial charge is 0.444 e. The molecule has 0 aromatic heterocycles. The van der Waals surface area contributed by atoms with Crippen molar-refractivity contribution in [2.24, 2.45) is 0 Å². The van der Waals surface area contributed by atoms with Gasteiger partial charge in [0.05, 0.1) is 0 Å². The zero-order valence-electron chi connectivity index (χ0n) is 19.1. The fraction of sp³-hybridized carbons (Fsp3) is 0.192. The summed E-state index contributed by atoms with van der Waals surface area (Å²) in [7, 11) is 0. The standard InChI is InChI=1S/C26H26BrN3O4/c1-26(2,3)34-25(33)28-16-17-4-12-21(13-5-17)29-23(31)18-6-8-19(9-7-18)24(32)30-22-14-10-20(27)11-15-22/h4-15H,16H2,1-3H3,(H,28,33)(H,29,31)(H,30,32). The van der Waals surface area contributed by atoms with Crippen LogP contribution in [-0.2, 0) is 11.3 Å². The van der Waals surface area contributed by atoms with E-state index in [0.29, 0.717) is 29.0 Å². The van der Waals surface area contributed by atoms with Gasteiger partial charge in [0.15, 0.2) is 0 Å². The van der Waals surface area contributed by atoms with Crippen molar-refractivity contribution in [1.29, 1.82) is 0 Å². The van der Waals surface area contributed by atoms with Crippen LogP contribution < -0.4 is 16.0 Å². The number of amides is 3. The first-order chi connectivity index (χ1) is 16.1. The second-order valence-corrected chi connectivity index (χ2v) is 9.46. The molecule has 0 radical (unpaired) electrons. The van der Waals surface area contributed by atoms with Gasteiger partial charge in [-0.15, -0.1) is 0 Å². The van der Waals surface area contributed by atoms with E-state index in [4.69, 9.17) is 4.74 Å². The van der Waals surface area contributed by atoms with Crippen LogP contribution in [-0.4, -0.2) is 23.5 Å². The molecule has 0 spiro atoms. The predicted molar refractivity (Wildman–Crippen MR) is 136 cm³/mol. The Balaban J connectivity index is 1.52. The molecule has 7 nitrogen and oxygen atoms in total. The number of halogens is 1. The third kappa shape index (κ3) is 7.74. The van der Waals surface area contributed by atoms with Gasteiger partial charge in [0.1, 0.15) is 5.60 Å². The summed E-state index contributed by atoms with van der Waals surface area (Å²) in [4.78, 5) is 36.7. The first-order valence-electron chi connectivity index (χ1n) is 10.6. The average molecular weight is 524 g/mol. The number of carbonyl (C=O) groups is 3. The number of anilines is 2. The summed E-state index contributed by atoms with van der Waals surface area (Å²) < 4.78 is 6.13. The van der Waals surface area contributed by atoms with E-state index in [1.54, 1.807) is 69.3 Å². The Labute approximate surface area is 207 Å². The van der Waals surface area contributed by atoms with Crippen LogP contribution in [0.3, 0.4) is 0 Å². The summed E-state index contributed by atoms with van der Waals surface area (Å²) in [5, 5.41) is 8.32. The minimum Gasteiger partial charge on any atom is -0.444 e. The fourth-order valence-corrected chi connectivity index (χ4v) is 3.17. The van der Waals surface area contributed by atoms with Crippen molar-refractivity contribution in [1.82, 2.24) is 5.32 Å². The molecule has 0 fully saturated rings. The van der Waals surface area contributed by atoms with Crippen molar-refractivity contribution in [3.63, 3.8) is 0 Å². The average Bonchev–Trinajstić information content (AvgIpc) is 2.79. The normalized spacial score (nSPS) is 10.8. The van der Waals surface area contributed by atoms with Gasteiger partial charge >= 0.3 is 6.09 Å². The number of ether oxygens (including phenoxy) is 1. The van der Waals surface area contributed by atoms with Gasteiger partial charge in [0.2, 0.25) is 0 Å². The summed E-state index contributed by atoms with van der Waals surface area (Å²) in [5.41, 5.74) is 2.48. The molecule has 8 heteroatoms. The molecule has 3 amide bonds. The van der Waals surface area contributed by atoms with Gasteiger partial charge in [-0.25, -0.2) is 4.79 Å². The molecule has 0 atom stereocenters. The van der Waals surface area contributed by atoms with Crippen LogP contribution in [0.4, 0.5) is 16.2 Å². The molecular weight excluding hydrogens is 498 g/mol. The van der Waals surface area contributed by atoms with E-state index in [1.807, 2.05) is 24.3 Å². The van der Waals surface area contributed by atoms with E-state index >= 15 is 0 Å². The van der Waals surface area contributed by atoms with E-state index in [0.717, 1.165) is 10.0 Å². The van der Waals surface area contributed by atoms with Gasteiger partial charge in [-0.05, 0) is 87.0 Å². The van der Waals surface area contributed by atoms with Crippen molar-refractivity contribution < 1.29 is 19.1 Å². The Morgan fingerprint density at radius 3 is 1.62 bits per heavy atom. The molecule has 0 aliphatic carbocycles. The molecule has 176 valence electrons. The van der Waals surface area contributed by atoms with Gasteiger partial charge in [-0.1, -0.05) is 28.1 Å². The first kappa shape index (κ1) is 25.0. The zero-order valence-corrected chi connectivity index (χ0v) is 20.7. The summed E-state index contributed by atoms with van der Waals surface area (Å²) in [6.45, 7) is 5.72. The van der Waals surface area contributed by atoms with Crippen LogP contribution in [0.1, 0.15) is 47.1 Å². The quantitative estimate of drug-likeness (QED) is 0.370. The van der Waals surface area contributed by atoms with Gasteiger partial charge < -0.3 is 20.7 Å². The van der Waals surface area contributed by atoms with Gasteiger partial charge in [-0.3, -0.25) is 9.59 Å². The topological polar surface area (TPSA) is 96.5 Å². The van der Waals surface area contributed by atoms with E-state index in [2.05, 4.69) is 31.9 Å². The van der Waals surface area contributed by atoms with Gasteiger partial charge in [0.25, 0.3) is 11.8 Å². The molecule has 3 aromatic carbocycles. The molecule has 0 aliphatic rings. The number of carbonyl (C=O) groups excluding carboxylic acids is 3. The lowest BCUT2D eigenvalue weighted by molar-refractivity contribution is 0.0523. The highest BCUT2D eigenvalue weighted by Crippen LogP contribution is 2.16.